The molecule has 0 spiro atoms. The minimum atomic E-state index is -0.0687. The number of hydrogen-bond donors (Lipinski definition) is 0. The van der Waals surface area contributed by atoms with Crippen LogP contribution in [0, 0.1) is 39.6 Å². The van der Waals surface area contributed by atoms with Gasteiger partial charge < -0.3 is 9.91 Å². The topological polar surface area (TPSA) is 36.7 Å². The second-order valence-electron chi connectivity index (χ2n) is 11.5. The fourth-order valence-electron chi connectivity index (χ4n) is 6.28. The SMILES string of the molecule is Cc1cc(C)c(B(c2[c-]c(-c3ccn([C@@H]4C=CC=CC4)n3)ccc2)c2[c-]c(N3[CH-]N(c4ccccc4)C=N3)ccc2)c(C)c1.[Pt]. The summed E-state index contributed by atoms with van der Waals surface area (Å²) in [5.41, 5.74) is 11.1. The number of allylic oxidation sites excluding steroid dienone is 4. The third-order valence-electron chi connectivity index (χ3n) is 8.29. The largest absolute Gasteiger partial charge is 0.463 e. The van der Waals surface area contributed by atoms with Gasteiger partial charge in [-0.05, 0) is 39.3 Å². The Kier molecular flexibility index (Phi) is 9.05. The molecule has 7 heteroatoms. The molecule has 2 heterocycles. The molecule has 5 aromatic rings. The van der Waals surface area contributed by atoms with Crippen LogP contribution in [0.25, 0.3) is 11.3 Å². The summed E-state index contributed by atoms with van der Waals surface area (Å²) in [6.45, 7) is 8.50. The predicted octanol–water partition coefficient (Wildman–Crippen LogP) is 6.04. The normalized spacial score (nSPS) is 15.4. The van der Waals surface area contributed by atoms with Crippen molar-refractivity contribution in [3.8, 4) is 11.3 Å². The van der Waals surface area contributed by atoms with Crippen molar-refractivity contribution in [2.24, 2.45) is 5.10 Å². The van der Waals surface area contributed by atoms with Crippen LogP contribution in [0.4, 0.5) is 11.4 Å². The number of benzene rings is 4. The molecule has 0 radical (unpaired) electrons. The number of aryl methyl sites for hydroxylation is 3. The predicted molar refractivity (Wildman–Crippen MR) is 183 cm³/mol. The molecule has 5 nitrogen and oxygen atoms in total. The van der Waals surface area contributed by atoms with Crippen molar-refractivity contribution in [2.75, 3.05) is 9.91 Å². The molecular weight excluding hydrogens is 732 g/mol. The summed E-state index contributed by atoms with van der Waals surface area (Å²) in [6.07, 6.45) is 13.4. The van der Waals surface area contributed by atoms with Crippen LogP contribution in [-0.2, 0) is 21.1 Å². The van der Waals surface area contributed by atoms with Crippen molar-refractivity contribution in [1.29, 1.82) is 0 Å². The summed E-state index contributed by atoms with van der Waals surface area (Å²) in [6, 6.07) is 37.3. The monoisotopic (exact) mass is 765 g/mol. The maximum absolute atomic E-state index is 4.96. The number of rotatable bonds is 7. The quantitative estimate of drug-likeness (QED) is 0.150. The van der Waals surface area contributed by atoms with Crippen molar-refractivity contribution in [2.45, 2.75) is 33.2 Å². The van der Waals surface area contributed by atoms with Gasteiger partial charge in [0.25, 0.3) is 0 Å². The van der Waals surface area contributed by atoms with Crippen molar-refractivity contribution in [1.82, 2.24) is 9.78 Å². The second kappa shape index (κ2) is 13.3. The van der Waals surface area contributed by atoms with Crippen LogP contribution >= 0.6 is 0 Å². The summed E-state index contributed by atoms with van der Waals surface area (Å²) < 4.78 is 2.05. The minimum absolute atomic E-state index is 0. The first kappa shape index (κ1) is 30.6. The van der Waals surface area contributed by atoms with Gasteiger partial charge in [0.1, 0.15) is 0 Å². The molecule has 1 aliphatic heterocycles. The Labute approximate surface area is 280 Å². The molecule has 0 saturated heterocycles. The Morgan fingerprint density at radius 1 is 0.844 bits per heavy atom. The summed E-state index contributed by atoms with van der Waals surface area (Å²) in [4.78, 5) is 2.02. The van der Waals surface area contributed by atoms with Gasteiger partial charge in [-0.3, -0.25) is 4.68 Å². The van der Waals surface area contributed by atoms with Gasteiger partial charge in [0.15, 0.2) is 6.71 Å². The van der Waals surface area contributed by atoms with E-state index >= 15 is 0 Å². The maximum atomic E-state index is 4.96. The molecule has 0 fully saturated rings. The first-order valence-corrected chi connectivity index (χ1v) is 15.1. The van der Waals surface area contributed by atoms with Gasteiger partial charge in [0, 0.05) is 38.6 Å². The molecule has 2 aliphatic rings. The number of nitrogens with zero attached hydrogens (tertiary/aromatic N) is 5. The molecule has 0 amide bonds. The van der Waals surface area contributed by atoms with Crippen LogP contribution in [0.3, 0.4) is 0 Å². The van der Waals surface area contributed by atoms with Gasteiger partial charge in [0.05, 0.1) is 12.4 Å². The van der Waals surface area contributed by atoms with Gasteiger partial charge in [-0.15, -0.1) is 42.6 Å². The Morgan fingerprint density at radius 3 is 2.36 bits per heavy atom. The molecule has 45 heavy (non-hydrogen) atoms. The molecule has 226 valence electrons. The molecule has 4 aromatic carbocycles. The average Bonchev–Trinajstić information content (AvgIpc) is 3.75. The summed E-state index contributed by atoms with van der Waals surface area (Å²) in [5, 5.41) is 11.5. The number of para-hydroxylation sites is 1. The Morgan fingerprint density at radius 2 is 1.60 bits per heavy atom. The fraction of sp³-hybridized carbons (Fsp3) is 0.132. The van der Waals surface area contributed by atoms with E-state index in [1.165, 1.54) is 22.2 Å². The van der Waals surface area contributed by atoms with Gasteiger partial charge in [-0.2, -0.15) is 34.2 Å². The second-order valence-corrected chi connectivity index (χ2v) is 11.5. The minimum Gasteiger partial charge on any atom is -0.463 e. The molecule has 7 rings (SSSR count). The van der Waals surface area contributed by atoms with E-state index in [1.807, 2.05) is 45.8 Å². The van der Waals surface area contributed by atoms with Crippen LogP contribution in [0.5, 0.6) is 0 Å². The zero-order valence-electron chi connectivity index (χ0n) is 25.5. The summed E-state index contributed by atoms with van der Waals surface area (Å²) in [5.74, 6) is 0. The molecule has 1 atom stereocenters. The van der Waals surface area contributed by atoms with Gasteiger partial charge in [-0.25, -0.2) is 5.10 Å². The zero-order valence-corrected chi connectivity index (χ0v) is 27.8. The Balaban J connectivity index is 0.00000357. The van der Waals surface area contributed by atoms with Crippen LogP contribution in [0.1, 0.15) is 29.2 Å². The molecule has 0 N–H and O–H groups in total. The first-order valence-electron chi connectivity index (χ1n) is 15.1. The van der Waals surface area contributed by atoms with Crippen molar-refractivity contribution < 1.29 is 21.1 Å². The molecule has 0 bridgehead atoms. The summed E-state index contributed by atoms with van der Waals surface area (Å²) >= 11 is 0. The van der Waals surface area contributed by atoms with E-state index < -0.39 is 0 Å². The Hall–Kier alpha value is -4.41. The van der Waals surface area contributed by atoms with Crippen LogP contribution in [0.15, 0.2) is 121 Å². The summed E-state index contributed by atoms with van der Waals surface area (Å²) in [7, 11) is 0. The third-order valence-corrected chi connectivity index (χ3v) is 8.29. The van der Waals surface area contributed by atoms with Crippen molar-refractivity contribution in [3.05, 3.63) is 151 Å². The van der Waals surface area contributed by atoms with E-state index in [4.69, 9.17) is 5.10 Å². The number of anilines is 2. The van der Waals surface area contributed by atoms with E-state index in [1.54, 1.807) is 0 Å². The fourth-order valence-corrected chi connectivity index (χ4v) is 6.28. The van der Waals surface area contributed by atoms with Gasteiger partial charge in [-0.1, -0.05) is 88.5 Å². The molecular formula is C38H33BN5Pt-3. The maximum Gasteiger partial charge on any atom is 0.198 e. The van der Waals surface area contributed by atoms with Crippen LogP contribution < -0.4 is 26.3 Å². The smallest absolute Gasteiger partial charge is 0.198 e. The van der Waals surface area contributed by atoms with Crippen LogP contribution in [-0.4, -0.2) is 22.8 Å². The molecule has 0 unspecified atom stereocenters. The third kappa shape index (κ3) is 6.39. The van der Waals surface area contributed by atoms with E-state index in [-0.39, 0.29) is 33.8 Å². The molecule has 1 aliphatic carbocycles. The van der Waals surface area contributed by atoms with E-state index in [0.717, 1.165) is 40.0 Å². The van der Waals surface area contributed by atoms with E-state index in [0.29, 0.717) is 0 Å². The number of hydrogen-bond acceptors (Lipinski definition) is 4. The first-order chi connectivity index (χ1) is 21.5. The number of aromatic nitrogens is 2. The van der Waals surface area contributed by atoms with Crippen molar-refractivity contribution >= 4 is 40.8 Å². The van der Waals surface area contributed by atoms with Crippen LogP contribution in [0.2, 0.25) is 0 Å². The Bertz CT molecular complexity index is 1870. The molecule has 0 saturated carbocycles. The zero-order chi connectivity index (χ0) is 30.0. The standard InChI is InChI=1S/C38H33BN5.Pt/c1-28-22-29(2)38(30(3)23-28)39(32-13-10-12-31(24-32)37-20-21-43(41-37)35-17-8-5-9-18-35)33-14-11-19-36(25-33)44-27-42(26-40-44)34-15-6-4-7-16-34;/h4-17,19-23,26-27,35H,18H2,1-3H3;/q-3;/t35-;/m1./s1. The average molecular weight is 766 g/mol. The van der Waals surface area contributed by atoms with E-state index in [2.05, 4.69) is 135 Å². The molecule has 1 aromatic heterocycles. The van der Waals surface area contributed by atoms with Crippen molar-refractivity contribution in [3.63, 3.8) is 0 Å². The number of hydrazone groups is 1. The van der Waals surface area contributed by atoms with E-state index in [9.17, 15) is 0 Å². The van der Waals surface area contributed by atoms with Gasteiger partial charge >= 0.3 is 0 Å². The van der Waals surface area contributed by atoms with Gasteiger partial charge in [0.2, 0.25) is 0 Å².